The van der Waals surface area contributed by atoms with E-state index in [0.717, 1.165) is 42.9 Å². The second-order valence-electron chi connectivity index (χ2n) is 12.1. The molecule has 1 N–H and O–H groups in total. The quantitative estimate of drug-likeness (QED) is 0.176. The molecule has 1 saturated carbocycles. The number of aliphatic hydroxyl groups is 1. The van der Waals surface area contributed by atoms with Crippen molar-refractivity contribution >= 4 is 0 Å². The average Bonchev–Trinajstić information content (AvgIpc) is 3.40. The van der Waals surface area contributed by atoms with Gasteiger partial charge in [0.15, 0.2) is 11.5 Å². The molecule has 256 valence electrons. The maximum absolute atomic E-state index is 12.3. The van der Waals surface area contributed by atoms with Crippen LogP contribution in [0.1, 0.15) is 30.4 Å². The number of hydrogen-bond acceptors (Lipinski definition) is 12. The minimum atomic E-state index is -0.852. The van der Waals surface area contributed by atoms with E-state index >= 15 is 0 Å². The maximum Gasteiger partial charge on any atom is 0.166 e. The van der Waals surface area contributed by atoms with E-state index < -0.39 is 11.0 Å². The first kappa shape index (κ1) is 34.7. The second-order valence-corrected chi connectivity index (χ2v) is 12.1. The standard InChI is InChI=1S/C33H53NO11/c1-34-9-8-32-29-25-4-5-26(37-3)30(29)45-31(32)27(6-7-33(32,35)28(34)24-25)44-23-22-43-21-20-42-19-18-41-17-16-40-15-14-39-13-12-38-11-10-36-2/h4-5,27-28,31,35H,6-24H2,1-3H3/t27-,28?,31-,32-,33+/m0/s1. The Bertz CT molecular complexity index is 1050. The van der Waals surface area contributed by atoms with Crippen molar-refractivity contribution in [2.24, 2.45) is 0 Å². The van der Waals surface area contributed by atoms with Gasteiger partial charge in [-0.05, 0) is 50.9 Å². The summed E-state index contributed by atoms with van der Waals surface area (Å²) in [5.41, 5.74) is 1.07. The molecule has 5 atom stereocenters. The highest BCUT2D eigenvalue weighted by molar-refractivity contribution is 5.62. The van der Waals surface area contributed by atoms with Gasteiger partial charge in [-0.25, -0.2) is 0 Å². The molecule has 0 amide bonds. The molecule has 2 bridgehead atoms. The van der Waals surface area contributed by atoms with Gasteiger partial charge in [0.2, 0.25) is 0 Å². The van der Waals surface area contributed by atoms with Crippen LogP contribution in [0.25, 0.3) is 0 Å². The van der Waals surface area contributed by atoms with Gasteiger partial charge in [-0.1, -0.05) is 6.07 Å². The molecule has 2 fully saturated rings. The Morgan fingerprint density at radius 1 is 0.778 bits per heavy atom. The number of rotatable bonds is 23. The summed E-state index contributed by atoms with van der Waals surface area (Å²) in [6, 6.07) is 4.22. The van der Waals surface area contributed by atoms with Crippen molar-refractivity contribution in [3.63, 3.8) is 0 Å². The van der Waals surface area contributed by atoms with Crippen LogP contribution in [0.4, 0.5) is 0 Å². The van der Waals surface area contributed by atoms with Gasteiger partial charge in [0.05, 0.1) is 117 Å². The Balaban J connectivity index is 0.921. The highest BCUT2D eigenvalue weighted by atomic mass is 16.6. The molecular weight excluding hydrogens is 586 g/mol. The van der Waals surface area contributed by atoms with E-state index in [-0.39, 0.29) is 18.2 Å². The summed E-state index contributed by atoms with van der Waals surface area (Å²) >= 11 is 0. The number of hydrogen-bond donors (Lipinski definition) is 1. The molecule has 0 aromatic heterocycles. The summed E-state index contributed by atoms with van der Waals surface area (Å²) in [6.45, 7) is 8.18. The van der Waals surface area contributed by atoms with Crippen LogP contribution in [0.2, 0.25) is 0 Å². The predicted octanol–water partition coefficient (Wildman–Crippen LogP) is 1.61. The Hall–Kier alpha value is -1.58. The van der Waals surface area contributed by atoms with Gasteiger partial charge >= 0.3 is 0 Å². The predicted molar refractivity (Wildman–Crippen MR) is 165 cm³/mol. The zero-order valence-corrected chi connectivity index (χ0v) is 27.3. The maximum atomic E-state index is 12.3. The van der Waals surface area contributed by atoms with Crippen LogP contribution in [-0.4, -0.2) is 154 Å². The molecule has 2 heterocycles. The third-order valence-electron chi connectivity index (χ3n) is 9.73. The first-order chi connectivity index (χ1) is 22.1. The summed E-state index contributed by atoms with van der Waals surface area (Å²) in [6.07, 6.45) is 2.70. The minimum Gasteiger partial charge on any atom is -0.493 e. The van der Waals surface area contributed by atoms with Gasteiger partial charge in [-0.2, -0.15) is 0 Å². The fourth-order valence-electron chi connectivity index (χ4n) is 7.63. The van der Waals surface area contributed by atoms with Gasteiger partial charge in [-0.3, -0.25) is 0 Å². The zero-order valence-electron chi connectivity index (χ0n) is 27.3. The van der Waals surface area contributed by atoms with E-state index in [2.05, 4.69) is 18.0 Å². The lowest BCUT2D eigenvalue weighted by Crippen LogP contribution is -2.76. The lowest BCUT2D eigenvalue weighted by atomic mass is 9.48. The summed E-state index contributed by atoms with van der Waals surface area (Å²) in [4.78, 5) is 2.33. The molecule has 1 spiro atoms. The fraction of sp³-hybridized carbons (Fsp3) is 0.818. The Morgan fingerprint density at radius 3 is 1.89 bits per heavy atom. The van der Waals surface area contributed by atoms with Crippen LogP contribution in [0.3, 0.4) is 0 Å². The summed E-state index contributed by atoms with van der Waals surface area (Å²) in [5, 5.41) is 12.3. The molecule has 4 aliphatic rings. The highest BCUT2D eigenvalue weighted by Crippen LogP contribution is 2.65. The number of likely N-dealkylation sites (N-methyl/N-ethyl adjacent to an activating group) is 1. The van der Waals surface area contributed by atoms with E-state index in [1.807, 2.05) is 6.07 Å². The van der Waals surface area contributed by atoms with E-state index in [1.165, 1.54) is 5.56 Å². The molecule has 1 aromatic carbocycles. The molecule has 2 aliphatic heterocycles. The minimum absolute atomic E-state index is 0.0696. The van der Waals surface area contributed by atoms with E-state index in [4.69, 9.17) is 47.4 Å². The molecule has 1 saturated heterocycles. The van der Waals surface area contributed by atoms with E-state index in [0.29, 0.717) is 98.9 Å². The second kappa shape index (κ2) is 17.0. The van der Waals surface area contributed by atoms with Crippen LogP contribution in [-0.2, 0) is 49.7 Å². The number of benzene rings is 1. The lowest BCUT2D eigenvalue weighted by molar-refractivity contribution is -0.213. The molecule has 12 heteroatoms. The number of ether oxygens (including phenoxy) is 10. The Labute approximate surface area is 267 Å². The van der Waals surface area contributed by atoms with Crippen LogP contribution in [0.5, 0.6) is 11.5 Å². The summed E-state index contributed by atoms with van der Waals surface area (Å²) in [7, 11) is 5.46. The van der Waals surface area contributed by atoms with Crippen molar-refractivity contribution in [2.75, 3.05) is 120 Å². The Morgan fingerprint density at radius 2 is 1.33 bits per heavy atom. The molecule has 2 aliphatic carbocycles. The van der Waals surface area contributed by atoms with E-state index in [1.54, 1.807) is 14.2 Å². The number of methoxy groups -OCH3 is 2. The van der Waals surface area contributed by atoms with Crippen molar-refractivity contribution in [3.8, 4) is 11.5 Å². The SMILES string of the molecule is COCCOCCOCCOCCOCCOCCOCCO[C@H]1CC[C@@]2(O)C3Cc4ccc(OC)c5c4[C@@]2(CCN3C)[C@H]1O5. The van der Waals surface area contributed by atoms with Gasteiger partial charge in [0, 0.05) is 18.7 Å². The highest BCUT2D eigenvalue weighted by Gasteiger charge is 2.72. The van der Waals surface area contributed by atoms with Gasteiger partial charge < -0.3 is 57.4 Å². The zero-order chi connectivity index (χ0) is 31.5. The molecule has 1 unspecified atom stereocenters. The number of piperidine rings is 1. The van der Waals surface area contributed by atoms with Crippen molar-refractivity contribution < 1.29 is 52.5 Å². The molecule has 5 rings (SSSR count). The monoisotopic (exact) mass is 639 g/mol. The van der Waals surface area contributed by atoms with Gasteiger partial charge in [0.25, 0.3) is 0 Å². The van der Waals surface area contributed by atoms with Gasteiger partial charge in [0.1, 0.15) is 6.10 Å². The first-order valence-corrected chi connectivity index (χ1v) is 16.4. The summed E-state index contributed by atoms with van der Waals surface area (Å²) in [5.74, 6) is 1.53. The smallest absolute Gasteiger partial charge is 0.166 e. The normalized spacial score (nSPS) is 28.2. The topological polar surface area (TPSA) is 116 Å². The average molecular weight is 640 g/mol. The molecule has 0 radical (unpaired) electrons. The lowest BCUT2D eigenvalue weighted by Gasteiger charge is -2.63. The first-order valence-electron chi connectivity index (χ1n) is 16.4. The third kappa shape index (κ3) is 7.61. The van der Waals surface area contributed by atoms with Crippen molar-refractivity contribution in [1.82, 2.24) is 4.90 Å². The van der Waals surface area contributed by atoms with Crippen molar-refractivity contribution in [1.29, 1.82) is 0 Å². The van der Waals surface area contributed by atoms with E-state index in [9.17, 15) is 5.11 Å². The molecule has 45 heavy (non-hydrogen) atoms. The van der Waals surface area contributed by atoms with Crippen molar-refractivity contribution in [3.05, 3.63) is 23.3 Å². The molecular formula is C33H53NO11. The van der Waals surface area contributed by atoms with Crippen LogP contribution in [0.15, 0.2) is 12.1 Å². The summed E-state index contributed by atoms with van der Waals surface area (Å²) < 4.78 is 56.9. The third-order valence-corrected chi connectivity index (χ3v) is 9.73. The molecule has 12 nitrogen and oxygen atoms in total. The van der Waals surface area contributed by atoms with Crippen LogP contribution < -0.4 is 9.47 Å². The number of likely N-dealkylation sites (tertiary alicyclic amines) is 1. The van der Waals surface area contributed by atoms with Crippen LogP contribution in [0, 0.1) is 0 Å². The number of nitrogens with zero attached hydrogens (tertiary/aromatic N) is 1. The van der Waals surface area contributed by atoms with Crippen molar-refractivity contribution in [2.45, 2.75) is 54.9 Å². The molecule has 1 aromatic rings. The fourth-order valence-corrected chi connectivity index (χ4v) is 7.63. The van der Waals surface area contributed by atoms with Crippen LogP contribution >= 0.6 is 0 Å². The van der Waals surface area contributed by atoms with Gasteiger partial charge in [-0.15, -0.1) is 0 Å². The Kier molecular flexibility index (Phi) is 13.1. The largest absolute Gasteiger partial charge is 0.493 e.